The minimum atomic E-state index is 0.00739. The third-order valence-electron chi connectivity index (χ3n) is 5.63. The van der Waals surface area contributed by atoms with Crippen LogP contribution in [-0.2, 0) is 16.1 Å². The summed E-state index contributed by atoms with van der Waals surface area (Å²) in [7, 11) is 3.52. The molecule has 2 N–H and O–H groups in total. The van der Waals surface area contributed by atoms with Crippen molar-refractivity contribution in [1.82, 2.24) is 20.4 Å². The second kappa shape index (κ2) is 11.2. The van der Waals surface area contributed by atoms with E-state index in [1.807, 2.05) is 0 Å². The average Bonchev–Trinajstić information content (AvgIpc) is 3.25. The van der Waals surface area contributed by atoms with Crippen LogP contribution in [0.3, 0.4) is 0 Å². The Morgan fingerprint density at radius 2 is 1.97 bits per heavy atom. The Labute approximate surface area is 174 Å². The van der Waals surface area contributed by atoms with E-state index in [9.17, 15) is 4.79 Å². The van der Waals surface area contributed by atoms with Crippen molar-refractivity contribution in [3.63, 3.8) is 0 Å². The molecule has 0 aromatic heterocycles. The van der Waals surface area contributed by atoms with Gasteiger partial charge in [-0.25, -0.2) is 4.99 Å². The molecule has 2 aliphatic rings. The molecule has 1 aromatic rings. The van der Waals surface area contributed by atoms with E-state index in [1.165, 1.54) is 5.56 Å². The molecular formula is C22H35N5O2. The number of hydrogen-bond acceptors (Lipinski definition) is 4. The van der Waals surface area contributed by atoms with Crippen molar-refractivity contribution in [2.24, 2.45) is 10.9 Å². The van der Waals surface area contributed by atoms with Crippen molar-refractivity contribution in [3.8, 4) is 0 Å². The first-order valence-corrected chi connectivity index (χ1v) is 10.7. The molecule has 7 heteroatoms. The minimum Gasteiger partial charge on any atom is -0.381 e. The summed E-state index contributed by atoms with van der Waals surface area (Å²) in [6.45, 7) is 5.76. The Hall–Kier alpha value is -2.12. The zero-order valence-electron chi connectivity index (χ0n) is 17.8. The summed E-state index contributed by atoms with van der Waals surface area (Å²) in [6.07, 6.45) is 3.22. The fourth-order valence-electron chi connectivity index (χ4n) is 3.70. The number of guanidine groups is 1. The van der Waals surface area contributed by atoms with Crippen molar-refractivity contribution in [1.29, 1.82) is 0 Å². The van der Waals surface area contributed by atoms with Crippen LogP contribution in [0.4, 0.5) is 0 Å². The number of aliphatic imine (C=N–C) groups is 1. The number of likely N-dealkylation sites (N-methyl/N-ethyl adjacent to an activating group) is 1. The molecule has 3 rings (SSSR count). The Morgan fingerprint density at radius 3 is 2.62 bits per heavy atom. The zero-order chi connectivity index (χ0) is 20.5. The van der Waals surface area contributed by atoms with Crippen LogP contribution in [0.15, 0.2) is 35.3 Å². The molecule has 0 saturated carbocycles. The van der Waals surface area contributed by atoms with Gasteiger partial charge < -0.3 is 20.3 Å². The third-order valence-corrected chi connectivity index (χ3v) is 5.63. The molecule has 2 fully saturated rings. The maximum absolute atomic E-state index is 12.0. The van der Waals surface area contributed by atoms with Gasteiger partial charge in [-0.2, -0.15) is 0 Å². The number of carbonyl (C=O) groups excluding carboxylic acids is 1. The lowest BCUT2D eigenvalue weighted by Crippen LogP contribution is -2.49. The van der Waals surface area contributed by atoms with E-state index in [0.717, 1.165) is 64.6 Å². The molecule has 160 valence electrons. The van der Waals surface area contributed by atoms with Crippen molar-refractivity contribution >= 4 is 11.9 Å². The molecule has 2 heterocycles. The van der Waals surface area contributed by atoms with Crippen LogP contribution in [0.2, 0.25) is 0 Å². The van der Waals surface area contributed by atoms with Crippen molar-refractivity contribution in [2.45, 2.75) is 31.8 Å². The van der Waals surface area contributed by atoms with Gasteiger partial charge in [-0.05, 0) is 24.8 Å². The molecule has 1 atom stereocenters. The second-order valence-electron chi connectivity index (χ2n) is 8.24. The quantitative estimate of drug-likeness (QED) is 0.533. The molecule has 2 saturated heterocycles. The van der Waals surface area contributed by atoms with Crippen LogP contribution in [0.1, 0.15) is 24.8 Å². The van der Waals surface area contributed by atoms with E-state index in [0.29, 0.717) is 12.0 Å². The van der Waals surface area contributed by atoms with Gasteiger partial charge in [-0.15, -0.1) is 0 Å². The highest BCUT2D eigenvalue weighted by Gasteiger charge is 2.21. The first-order chi connectivity index (χ1) is 14.1. The number of nitrogens with one attached hydrogen (secondary N) is 2. The summed E-state index contributed by atoms with van der Waals surface area (Å²) >= 11 is 0. The first-order valence-electron chi connectivity index (χ1n) is 10.7. The number of rotatable bonds is 7. The SMILES string of the molecule is CN(C)C(=O)CN=C(NCC1CCOC1)NC1CCN(Cc2ccccc2)CC1. The average molecular weight is 402 g/mol. The van der Waals surface area contributed by atoms with Gasteiger partial charge in [0.25, 0.3) is 0 Å². The van der Waals surface area contributed by atoms with Gasteiger partial charge in [-0.1, -0.05) is 30.3 Å². The molecular weight excluding hydrogens is 366 g/mol. The number of benzene rings is 1. The van der Waals surface area contributed by atoms with Gasteiger partial charge in [0.05, 0.1) is 6.61 Å². The van der Waals surface area contributed by atoms with Gasteiger partial charge in [-0.3, -0.25) is 9.69 Å². The van der Waals surface area contributed by atoms with Crippen LogP contribution < -0.4 is 10.6 Å². The summed E-state index contributed by atoms with van der Waals surface area (Å²) in [5, 5.41) is 6.99. The Kier molecular flexibility index (Phi) is 8.31. The van der Waals surface area contributed by atoms with Gasteiger partial charge in [0.15, 0.2) is 5.96 Å². The fraction of sp³-hybridized carbons (Fsp3) is 0.636. The van der Waals surface area contributed by atoms with Gasteiger partial charge in [0.2, 0.25) is 5.91 Å². The monoisotopic (exact) mass is 401 g/mol. The lowest BCUT2D eigenvalue weighted by molar-refractivity contribution is -0.127. The van der Waals surface area contributed by atoms with Crippen LogP contribution >= 0.6 is 0 Å². The lowest BCUT2D eigenvalue weighted by atomic mass is 10.0. The van der Waals surface area contributed by atoms with Crippen LogP contribution in [-0.4, -0.2) is 81.2 Å². The highest BCUT2D eigenvalue weighted by Crippen LogP contribution is 2.14. The Bertz CT molecular complexity index is 650. The van der Waals surface area contributed by atoms with Crippen LogP contribution in [0, 0.1) is 5.92 Å². The molecule has 1 unspecified atom stereocenters. The molecule has 0 bridgehead atoms. The normalized spacial score (nSPS) is 21.2. The fourth-order valence-corrected chi connectivity index (χ4v) is 3.70. The van der Waals surface area contributed by atoms with Gasteiger partial charge in [0.1, 0.15) is 6.54 Å². The smallest absolute Gasteiger partial charge is 0.243 e. The van der Waals surface area contributed by atoms with Crippen LogP contribution in [0.25, 0.3) is 0 Å². The summed E-state index contributed by atoms with van der Waals surface area (Å²) in [5.74, 6) is 1.26. The predicted molar refractivity (Wildman–Crippen MR) is 116 cm³/mol. The summed E-state index contributed by atoms with van der Waals surface area (Å²) < 4.78 is 5.46. The maximum atomic E-state index is 12.0. The summed E-state index contributed by atoms with van der Waals surface area (Å²) in [4.78, 5) is 20.6. The summed E-state index contributed by atoms with van der Waals surface area (Å²) in [5.41, 5.74) is 1.36. The number of ether oxygens (including phenoxy) is 1. The Morgan fingerprint density at radius 1 is 1.21 bits per heavy atom. The standard InChI is InChI=1S/C22H35N5O2/c1-26(2)21(28)15-24-22(23-14-19-10-13-29-17-19)25-20-8-11-27(12-9-20)16-18-6-4-3-5-7-18/h3-7,19-20H,8-17H2,1-2H3,(H2,23,24,25). The highest BCUT2D eigenvalue weighted by molar-refractivity contribution is 5.84. The molecule has 1 amide bonds. The number of likely N-dealkylation sites (tertiary alicyclic amines) is 1. The van der Waals surface area contributed by atoms with Crippen molar-refractivity contribution in [3.05, 3.63) is 35.9 Å². The maximum Gasteiger partial charge on any atom is 0.243 e. The lowest BCUT2D eigenvalue weighted by Gasteiger charge is -2.33. The predicted octanol–water partition coefficient (Wildman–Crippen LogP) is 1.31. The van der Waals surface area contributed by atoms with Gasteiger partial charge >= 0.3 is 0 Å². The second-order valence-corrected chi connectivity index (χ2v) is 8.24. The third kappa shape index (κ3) is 7.33. The topological polar surface area (TPSA) is 69.2 Å². The molecule has 29 heavy (non-hydrogen) atoms. The summed E-state index contributed by atoms with van der Waals surface area (Å²) in [6, 6.07) is 11.0. The minimum absolute atomic E-state index is 0.00739. The molecule has 2 aliphatic heterocycles. The number of piperidine rings is 1. The number of amides is 1. The van der Waals surface area contributed by atoms with E-state index in [4.69, 9.17) is 4.74 Å². The molecule has 1 aromatic carbocycles. The van der Waals surface area contributed by atoms with E-state index in [1.54, 1.807) is 19.0 Å². The largest absolute Gasteiger partial charge is 0.381 e. The number of hydrogen-bond donors (Lipinski definition) is 2. The molecule has 7 nitrogen and oxygen atoms in total. The number of nitrogens with zero attached hydrogens (tertiary/aromatic N) is 3. The molecule has 0 spiro atoms. The van der Waals surface area contributed by atoms with Crippen molar-refractivity contribution in [2.75, 3.05) is 53.5 Å². The first kappa shape index (κ1) is 21.6. The zero-order valence-corrected chi connectivity index (χ0v) is 17.8. The Balaban J connectivity index is 1.48. The van der Waals surface area contributed by atoms with E-state index >= 15 is 0 Å². The van der Waals surface area contributed by atoms with E-state index in [-0.39, 0.29) is 12.5 Å². The van der Waals surface area contributed by atoms with E-state index < -0.39 is 0 Å². The molecule has 0 radical (unpaired) electrons. The van der Waals surface area contributed by atoms with Gasteiger partial charge in [0, 0.05) is 58.8 Å². The molecule has 0 aliphatic carbocycles. The van der Waals surface area contributed by atoms with E-state index in [2.05, 4.69) is 50.9 Å². The number of carbonyl (C=O) groups is 1. The van der Waals surface area contributed by atoms with Crippen LogP contribution in [0.5, 0.6) is 0 Å². The highest BCUT2D eigenvalue weighted by atomic mass is 16.5. The van der Waals surface area contributed by atoms with Crippen molar-refractivity contribution < 1.29 is 9.53 Å².